The van der Waals surface area contributed by atoms with Gasteiger partial charge in [0.05, 0.1) is 7.11 Å². The number of methoxy groups -OCH3 is 1. The molecule has 0 saturated heterocycles. The fourth-order valence-corrected chi connectivity index (χ4v) is 1.30. The van der Waals surface area contributed by atoms with Crippen LogP contribution in [0.3, 0.4) is 0 Å². The Hall–Kier alpha value is -0.570. The van der Waals surface area contributed by atoms with Crippen LogP contribution in [-0.4, -0.2) is 12.1 Å². The average Bonchev–Trinajstić information content (AvgIpc) is 2.04. The van der Waals surface area contributed by atoms with E-state index in [1.54, 1.807) is 13.3 Å². The first-order valence-electron chi connectivity index (χ1n) is 3.33. The van der Waals surface area contributed by atoms with Gasteiger partial charge in [-0.15, -0.1) is 0 Å². The molecular formula is C8H10BrNO. The standard InChI is InChI=1S/C8H10BrNO/c1-6-3-7(4-9)8(11-2)10-5-6/h3,5H,4H2,1-2H3. The highest BCUT2D eigenvalue weighted by Gasteiger charge is 2.01. The maximum atomic E-state index is 5.05. The summed E-state index contributed by atoms with van der Waals surface area (Å²) in [5, 5.41) is 0.783. The van der Waals surface area contributed by atoms with Gasteiger partial charge in [-0.05, 0) is 18.6 Å². The van der Waals surface area contributed by atoms with Gasteiger partial charge < -0.3 is 4.74 Å². The van der Waals surface area contributed by atoms with Crippen molar-refractivity contribution < 1.29 is 4.74 Å². The number of nitrogens with zero attached hydrogens (tertiary/aromatic N) is 1. The van der Waals surface area contributed by atoms with Crippen LogP contribution in [0, 0.1) is 6.92 Å². The van der Waals surface area contributed by atoms with Crippen LogP contribution in [0.15, 0.2) is 12.3 Å². The lowest BCUT2D eigenvalue weighted by Crippen LogP contribution is -1.93. The Morgan fingerprint density at radius 1 is 1.64 bits per heavy atom. The number of aryl methyl sites for hydroxylation is 1. The molecule has 0 aromatic carbocycles. The van der Waals surface area contributed by atoms with Gasteiger partial charge in [-0.3, -0.25) is 0 Å². The van der Waals surface area contributed by atoms with Gasteiger partial charge >= 0.3 is 0 Å². The van der Waals surface area contributed by atoms with Crippen LogP contribution in [0.1, 0.15) is 11.1 Å². The van der Waals surface area contributed by atoms with Gasteiger partial charge in [0.25, 0.3) is 0 Å². The highest BCUT2D eigenvalue weighted by atomic mass is 79.9. The second kappa shape index (κ2) is 3.72. The van der Waals surface area contributed by atoms with Crippen molar-refractivity contribution in [3.63, 3.8) is 0 Å². The highest BCUT2D eigenvalue weighted by Crippen LogP contribution is 2.18. The van der Waals surface area contributed by atoms with E-state index < -0.39 is 0 Å². The lowest BCUT2D eigenvalue weighted by molar-refractivity contribution is 0.394. The van der Waals surface area contributed by atoms with Crippen molar-refractivity contribution in [3.8, 4) is 5.88 Å². The topological polar surface area (TPSA) is 22.1 Å². The predicted octanol–water partition coefficient (Wildman–Crippen LogP) is 2.29. The van der Waals surface area contributed by atoms with Gasteiger partial charge in [-0.25, -0.2) is 4.98 Å². The first kappa shape index (κ1) is 8.53. The van der Waals surface area contributed by atoms with Crippen LogP contribution in [0.2, 0.25) is 0 Å². The molecule has 2 nitrogen and oxygen atoms in total. The number of halogens is 1. The van der Waals surface area contributed by atoms with Gasteiger partial charge in [-0.1, -0.05) is 15.9 Å². The van der Waals surface area contributed by atoms with Gasteiger partial charge in [0.2, 0.25) is 5.88 Å². The largest absolute Gasteiger partial charge is 0.481 e. The molecule has 0 amide bonds. The van der Waals surface area contributed by atoms with Crippen molar-refractivity contribution in [1.29, 1.82) is 0 Å². The van der Waals surface area contributed by atoms with E-state index in [9.17, 15) is 0 Å². The van der Waals surface area contributed by atoms with Crippen LogP contribution < -0.4 is 4.74 Å². The van der Waals surface area contributed by atoms with E-state index in [2.05, 4.69) is 27.0 Å². The van der Waals surface area contributed by atoms with Crippen LogP contribution in [0.5, 0.6) is 5.88 Å². The van der Waals surface area contributed by atoms with Crippen molar-refractivity contribution in [3.05, 3.63) is 23.4 Å². The zero-order chi connectivity index (χ0) is 8.27. The minimum atomic E-state index is 0.701. The molecule has 1 aromatic heterocycles. The van der Waals surface area contributed by atoms with E-state index in [1.807, 2.05) is 6.92 Å². The molecular weight excluding hydrogens is 206 g/mol. The van der Waals surface area contributed by atoms with Crippen LogP contribution in [0.25, 0.3) is 0 Å². The Bertz CT molecular complexity index is 250. The molecule has 11 heavy (non-hydrogen) atoms. The predicted molar refractivity (Wildman–Crippen MR) is 48.2 cm³/mol. The molecule has 0 aliphatic rings. The lowest BCUT2D eigenvalue weighted by atomic mass is 10.2. The molecule has 0 N–H and O–H groups in total. The number of rotatable bonds is 2. The summed E-state index contributed by atoms with van der Waals surface area (Å²) in [5.74, 6) is 0.701. The molecule has 0 fully saturated rings. The summed E-state index contributed by atoms with van der Waals surface area (Å²) in [6.45, 7) is 2.01. The minimum absolute atomic E-state index is 0.701. The summed E-state index contributed by atoms with van der Waals surface area (Å²) in [5.41, 5.74) is 2.24. The van der Waals surface area contributed by atoms with Crippen LogP contribution in [-0.2, 0) is 5.33 Å². The fraction of sp³-hybridized carbons (Fsp3) is 0.375. The number of hydrogen-bond acceptors (Lipinski definition) is 2. The van der Waals surface area contributed by atoms with E-state index in [4.69, 9.17) is 4.74 Å². The Labute approximate surface area is 74.7 Å². The fourth-order valence-electron chi connectivity index (χ4n) is 0.897. The quantitative estimate of drug-likeness (QED) is 0.707. The molecule has 0 unspecified atom stereocenters. The van der Waals surface area contributed by atoms with E-state index in [0.717, 1.165) is 16.5 Å². The zero-order valence-corrected chi connectivity index (χ0v) is 8.18. The van der Waals surface area contributed by atoms with E-state index >= 15 is 0 Å². The molecule has 1 aromatic rings. The molecule has 60 valence electrons. The number of ether oxygens (including phenoxy) is 1. The SMILES string of the molecule is COc1ncc(C)cc1CBr. The normalized spacial score (nSPS) is 9.73. The second-order valence-electron chi connectivity index (χ2n) is 2.31. The van der Waals surface area contributed by atoms with Gasteiger partial charge in [0, 0.05) is 17.1 Å². The van der Waals surface area contributed by atoms with Crippen LogP contribution in [0.4, 0.5) is 0 Å². The third-order valence-corrected chi connectivity index (χ3v) is 2.00. The average molecular weight is 216 g/mol. The van der Waals surface area contributed by atoms with Crippen molar-refractivity contribution in [2.45, 2.75) is 12.3 Å². The molecule has 0 spiro atoms. The zero-order valence-electron chi connectivity index (χ0n) is 6.60. The van der Waals surface area contributed by atoms with Crippen molar-refractivity contribution >= 4 is 15.9 Å². The number of pyridine rings is 1. The molecule has 0 saturated carbocycles. The first-order valence-corrected chi connectivity index (χ1v) is 4.45. The van der Waals surface area contributed by atoms with Crippen LogP contribution >= 0.6 is 15.9 Å². The Balaban J connectivity index is 3.06. The Morgan fingerprint density at radius 2 is 2.36 bits per heavy atom. The number of alkyl halides is 1. The maximum absolute atomic E-state index is 5.05. The first-order chi connectivity index (χ1) is 5.27. The number of hydrogen-bond donors (Lipinski definition) is 0. The molecule has 1 heterocycles. The summed E-state index contributed by atoms with van der Waals surface area (Å²) in [4.78, 5) is 4.12. The molecule has 1 rings (SSSR count). The highest BCUT2D eigenvalue weighted by molar-refractivity contribution is 9.08. The lowest BCUT2D eigenvalue weighted by Gasteiger charge is -2.04. The molecule has 0 radical (unpaired) electrons. The second-order valence-corrected chi connectivity index (χ2v) is 2.88. The molecule has 0 bridgehead atoms. The smallest absolute Gasteiger partial charge is 0.217 e. The summed E-state index contributed by atoms with van der Waals surface area (Å²) in [7, 11) is 1.63. The van der Waals surface area contributed by atoms with Crippen molar-refractivity contribution in [1.82, 2.24) is 4.98 Å². The van der Waals surface area contributed by atoms with Crippen molar-refractivity contribution in [2.75, 3.05) is 7.11 Å². The number of aromatic nitrogens is 1. The third kappa shape index (κ3) is 1.93. The molecule has 0 atom stereocenters. The Morgan fingerprint density at radius 3 is 2.91 bits per heavy atom. The minimum Gasteiger partial charge on any atom is -0.481 e. The van der Waals surface area contributed by atoms with Crippen molar-refractivity contribution in [2.24, 2.45) is 0 Å². The van der Waals surface area contributed by atoms with E-state index in [1.165, 1.54) is 0 Å². The molecule has 0 aliphatic heterocycles. The molecule has 3 heteroatoms. The summed E-state index contributed by atoms with van der Waals surface area (Å²) >= 11 is 3.36. The third-order valence-electron chi connectivity index (χ3n) is 1.40. The molecule has 0 aliphatic carbocycles. The van der Waals surface area contributed by atoms with Gasteiger partial charge in [-0.2, -0.15) is 0 Å². The summed E-state index contributed by atoms with van der Waals surface area (Å²) in [6, 6.07) is 2.06. The Kier molecular flexibility index (Phi) is 2.88. The monoisotopic (exact) mass is 215 g/mol. The summed E-state index contributed by atoms with van der Waals surface area (Å²) < 4.78 is 5.05. The summed E-state index contributed by atoms with van der Waals surface area (Å²) in [6.07, 6.45) is 1.80. The van der Waals surface area contributed by atoms with E-state index in [-0.39, 0.29) is 0 Å². The van der Waals surface area contributed by atoms with Gasteiger partial charge in [0.15, 0.2) is 0 Å². The van der Waals surface area contributed by atoms with Gasteiger partial charge in [0.1, 0.15) is 0 Å². The van der Waals surface area contributed by atoms with E-state index in [0.29, 0.717) is 5.88 Å². The maximum Gasteiger partial charge on any atom is 0.217 e.